The van der Waals surface area contributed by atoms with Crippen LogP contribution in [0.4, 0.5) is 10.1 Å². The first kappa shape index (κ1) is 19.9. The van der Waals surface area contributed by atoms with Crippen LogP contribution in [0.1, 0.15) is 17.3 Å². The van der Waals surface area contributed by atoms with Crippen molar-refractivity contribution in [3.63, 3.8) is 0 Å². The SMILES string of the molecule is COC(=O)C1=C(C(=O)OC)N(c2cc(F)c(OC)cc2C(C)=O)C=CC=C1. The molecule has 1 aliphatic rings. The fourth-order valence-electron chi connectivity index (χ4n) is 2.53. The summed E-state index contributed by atoms with van der Waals surface area (Å²) in [7, 11) is 3.57. The average Bonchev–Trinajstić information content (AvgIpc) is 2.89. The third-order valence-corrected chi connectivity index (χ3v) is 3.80. The van der Waals surface area contributed by atoms with Crippen molar-refractivity contribution in [2.24, 2.45) is 0 Å². The van der Waals surface area contributed by atoms with Crippen LogP contribution in [0.5, 0.6) is 5.75 Å². The van der Waals surface area contributed by atoms with Gasteiger partial charge in [0.15, 0.2) is 17.3 Å². The predicted octanol–water partition coefficient (Wildman–Crippen LogP) is 2.53. The molecule has 0 amide bonds. The lowest BCUT2D eigenvalue weighted by molar-refractivity contribution is -0.139. The van der Waals surface area contributed by atoms with E-state index in [0.717, 1.165) is 20.3 Å². The summed E-state index contributed by atoms with van der Waals surface area (Å²) in [6.07, 6.45) is 5.79. The van der Waals surface area contributed by atoms with Crippen molar-refractivity contribution < 1.29 is 33.0 Å². The summed E-state index contributed by atoms with van der Waals surface area (Å²) in [5.41, 5.74) is -0.200. The first-order chi connectivity index (χ1) is 12.8. The van der Waals surface area contributed by atoms with E-state index in [1.807, 2.05) is 0 Å². The quantitative estimate of drug-likeness (QED) is 0.578. The average molecular weight is 375 g/mol. The summed E-state index contributed by atoms with van der Waals surface area (Å²) in [6.45, 7) is 1.29. The third kappa shape index (κ3) is 3.89. The zero-order chi connectivity index (χ0) is 20.1. The molecule has 7 nitrogen and oxygen atoms in total. The Bertz CT molecular complexity index is 884. The highest BCUT2D eigenvalue weighted by Crippen LogP contribution is 2.33. The molecule has 0 fully saturated rings. The number of allylic oxidation sites excluding steroid dienone is 2. The maximum Gasteiger partial charge on any atom is 0.355 e. The zero-order valence-electron chi connectivity index (χ0n) is 15.2. The van der Waals surface area contributed by atoms with Crippen molar-refractivity contribution in [1.82, 2.24) is 0 Å². The molecular formula is C19H18FNO6. The van der Waals surface area contributed by atoms with E-state index < -0.39 is 23.5 Å². The lowest BCUT2D eigenvalue weighted by Crippen LogP contribution is -2.28. The Morgan fingerprint density at radius 2 is 1.67 bits per heavy atom. The number of benzene rings is 1. The van der Waals surface area contributed by atoms with Crippen LogP contribution in [0.15, 0.2) is 47.8 Å². The minimum absolute atomic E-state index is 0.0440. The van der Waals surface area contributed by atoms with Gasteiger partial charge < -0.3 is 19.1 Å². The molecule has 0 aliphatic carbocycles. The van der Waals surface area contributed by atoms with E-state index in [4.69, 9.17) is 14.2 Å². The molecule has 142 valence electrons. The number of nitrogens with zero attached hydrogens (tertiary/aromatic N) is 1. The molecule has 1 aromatic carbocycles. The van der Waals surface area contributed by atoms with Crippen molar-refractivity contribution in [3.8, 4) is 5.75 Å². The lowest BCUT2D eigenvalue weighted by Gasteiger charge is -2.25. The highest BCUT2D eigenvalue weighted by Gasteiger charge is 2.30. The molecule has 0 unspecified atom stereocenters. The lowest BCUT2D eigenvalue weighted by atomic mass is 10.1. The van der Waals surface area contributed by atoms with Gasteiger partial charge in [0.2, 0.25) is 0 Å². The van der Waals surface area contributed by atoms with Crippen LogP contribution in [0, 0.1) is 5.82 Å². The topological polar surface area (TPSA) is 82.1 Å². The number of hydrogen-bond acceptors (Lipinski definition) is 7. The molecule has 0 saturated heterocycles. The summed E-state index contributed by atoms with van der Waals surface area (Å²) >= 11 is 0. The van der Waals surface area contributed by atoms with Gasteiger partial charge in [0, 0.05) is 17.8 Å². The predicted molar refractivity (Wildman–Crippen MR) is 94.8 cm³/mol. The van der Waals surface area contributed by atoms with E-state index in [9.17, 15) is 18.8 Å². The van der Waals surface area contributed by atoms with Gasteiger partial charge in [0.05, 0.1) is 32.6 Å². The summed E-state index contributed by atoms with van der Waals surface area (Å²) in [4.78, 5) is 37.9. The molecule has 0 spiro atoms. The first-order valence-electron chi connectivity index (χ1n) is 7.79. The molecule has 27 heavy (non-hydrogen) atoms. The highest BCUT2D eigenvalue weighted by atomic mass is 19.1. The fourth-order valence-corrected chi connectivity index (χ4v) is 2.53. The van der Waals surface area contributed by atoms with Gasteiger partial charge in [-0.05, 0) is 25.1 Å². The number of halogens is 1. The fraction of sp³-hybridized carbons (Fsp3) is 0.211. The molecule has 1 aromatic rings. The molecule has 0 atom stereocenters. The Morgan fingerprint density at radius 3 is 2.22 bits per heavy atom. The number of hydrogen-bond donors (Lipinski definition) is 0. The minimum atomic E-state index is -0.864. The smallest absolute Gasteiger partial charge is 0.355 e. The maximum atomic E-state index is 14.4. The second-order valence-corrected chi connectivity index (χ2v) is 5.38. The third-order valence-electron chi connectivity index (χ3n) is 3.80. The largest absolute Gasteiger partial charge is 0.494 e. The number of carbonyl (C=O) groups is 3. The monoisotopic (exact) mass is 375 g/mol. The number of ketones is 1. The van der Waals surface area contributed by atoms with Crippen molar-refractivity contribution in [3.05, 3.63) is 59.2 Å². The molecule has 0 radical (unpaired) electrons. The van der Waals surface area contributed by atoms with Crippen LogP contribution < -0.4 is 9.64 Å². The second-order valence-electron chi connectivity index (χ2n) is 5.38. The first-order valence-corrected chi connectivity index (χ1v) is 7.79. The van der Waals surface area contributed by atoms with Crippen molar-refractivity contribution >= 4 is 23.4 Å². The van der Waals surface area contributed by atoms with Gasteiger partial charge in [-0.2, -0.15) is 0 Å². The van der Waals surface area contributed by atoms with Crippen molar-refractivity contribution in [2.75, 3.05) is 26.2 Å². The molecule has 0 N–H and O–H groups in total. The second kappa shape index (κ2) is 8.31. The number of carbonyl (C=O) groups excluding carboxylic acids is 3. The number of Topliss-reactive ketones (excluding diaryl/α,β-unsaturated/α-hetero) is 1. The Balaban J connectivity index is 2.82. The van der Waals surface area contributed by atoms with Crippen LogP contribution in [-0.4, -0.2) is 39.1 Å². The molecular weight excluding hydrogens is 357 g/mol. The van der Waals surface area contributed by atoms with E-state index in [2.05, 4.69) is 0 Å². The van der Waals surface area contributed by atoms with E-state index in [-0.39, 0.29) is 28.3 Å². The van der Waals surface area contributed by atoms with E-state index in [1.165, 1.54) is 49.4 Å². The molecule has 0 saturated carbocycles. The van der Waals surface area contributed by atoms with Gasteiger partial charge in [-0.1, -0.05) is 6.08 Å². The molecule has 0 aromatic heterocycles. The summed E-state index contributed by atoms with van der Waals surface area (Å²) in [5, 5.41) is 0. The Labute approximate surface area is 155 Å². The van der Waals surface area contributed by atoms with E-state index in [0.29, 0.717) is 0 Å². The zero-order valence-corrected chi connectivity index (χ0v) is 15.2. The highest BCUT2D eigenvalue weighted by molar-refractivity contribution is 6.08. The van der Waals surface area contributed by atoms with Gasteiger partial charge in [-0.25, -0.2) is 14.0 Å². The van der Waals surface area contributed by atoms with E-state index in [1.54, 1.807) is 0 Å². The summed E-state index contributed by atoms with van der Waals surface area (Å²) < 4.78 is 28.8. The van der Waals surface area contributed by atoms with Crippen LogP contribution >= 0.6 is 0 Å². The molecule has 1 aliphatic heterocycles. The van der Waals surface area contributed by atoms with Crippen LogP contribution in [0.3, 0.4) is 0 Å². The van der Waals surface area contributed by atoms with Gasteiger partial charge in [0.1, 0.15) is 5.70 Å². The number of rotatable bonds is 5. The van der Waals surface area contributed by atoms with E-state index >= 15 is 0 Å². The van der Waals surface area contributed by atoms with Crippen molar-refractivity contribution in [1.29, 1.82) is 0 Å². The van der Waals surface area contributed by atoms with Crippen LogP contribution in [0.25, 0.3) is 0 Å². The maximum absolute atomic E-state index is 14.4. The van der Waals surface area contributed by atoms with Crippen LogP contribution in [0.2, 0.25) is 0 Å². The molecule has 2 rings (SSSR count). The molecule has 8 heteroatoms. The van der Waals surface area contributed by atoms with Gasteiger partial charge in [-0.3, -0.25) is 4.79 Å². The van der Waals surface area contributed by atoms with Gasteiger partial charge in [-0.15, -0.1) is 0 Å². The number of methoxy groups -OCH3 is 3. The normalized spacial score (nSPS) is 13.3. The Morgan fingerprint density at radius 1 is 1.00 bits per heavy atom. The Hall–Kier alpha value is -3.42. The number of esters is 2. The Kier molecular flexibility index (Phi) is 6.12. The standard InChI is InChI=1S/C19H18FNO6/c1-11(22)13-9-16(25-2)14(20)10-15(13)21-8-6-5-7-12(18(23)26-3)17(21)19(24)27-4/h5-10H,1-4H3. The van der Waals surface area contributed by atoms with Gasteiger partial charge in [0.25, 0.3) is 0 Å². The summed E-state index contributed by atoms with van der Waals surface area (Å²) in [5.74, 6) is -2.92. The summed E-state index contributed by atoms with van der Waals surface area (Å²) in [6, 6.07) is 2.27. The van der Waals surface area contributed by atoms with Gasteiger partial charge >= 0.3 is 11.9 Å². The van der Waals surface area contributed by atoms with Crippen LogP contribution in [-0.2, 0) is 19.1 Å². The molecule has 0 bridgehead atoms. The number of ether oxygens (including phenoxy) is 3. The number of anilines is 1. The molecule has 1 heterocycles. The minimum Gasteiger partial charge on any atom is -0.494 e. The van der Waals surface area contributed by atoms with Crippen molar-refractivity contribution in [2.45, 2.75) is 6.92 Å².